The first-order chi connectivity index (χ1) is 9.70. The fourth-order valence-electron chi connectivity index (χ4n) is 2.22. The molecule has 1 amide bonds. The second-order valence-corrected chi connectivity index (χ2v) is 4.85. The summed E-state index contributed by atoms with van der Waals surface area (Å²) in [6.45, 7) is 0.472. The Morgan fingerprint density at radius 2 is 1.83 bits per heavy atom. The lowest BCUT2D eigenvalue weighted by molar-refractivity contribution is -0.187. The molecule has 1 aromatic heterocycles. The molecule has 0 radical (unpaired) electrons. The van der Waals surface area contributed by atoms with Crippen LogP contribution < -0.4 is 0 Å². The smallest absolute Gasteiger partial charge is 0.394 e. The van der Waals surface area contributed by atoms with Crippen molar-refractivity contribution in [3.63, 3.8) is 0 Å². The third-order valence-corrected chi connectivity index (χ3v) is 3.34. The average molecular weight is 376 g/mol. The number of halogens is 5. The molecule has 6 nitrogen and oxygen atoms in total. The van der Waals surface area contributed by atoms with Crippen LogP contribution in [0.1, 0.15) is 16.2 Å². The first-order valence-corrected chi connectivity index (χ1v) is 6.07. The number of hydrogen-bond acceptors (Lipinski definition) is 4. The Morgan fingerprint density at radius 3 is 2.22 bits per heavy atom. The highest BCUT2D eigenvalue weighted by molar-refractivity contribution is 5.92. The number of carboxylic acid groups (broad SMARTS) is 1. The van der Waals surface area contributed by atoms with Gasteiger partial charge in [0.2, 0.25) is 0 Å². The lowest BCUT2D eigenvalue weighted by Crippen LogP contribution is -2.34. The van der Waals surface area contributed by atoms with E-state index >= 15 is 0 Å². The number of alkyl halides is 3. The Hall–Kier alpha value is -1.61. The quantitative estimate of drug-likeness (QED) is 0.853. The molecule has 2 heterocycles. The maximum absolute atomic E-state index is 12.8. The monoisotopic (exact) mass is 375 g/mol. The van der Waals surface area contributed by atoms with Crippen LogP contribution in [0.15, 0.2) is 12.4 Å². The zero-order valence-corrected chi connectivity index (χ0v) is 13.4. The van der Waals surface area contributed by atoms with Crippen LogP contribution in [-0.4, -0.2) is 51.1 Å². The summed E-state index contributed by atoms with van der Waals surface area (Å²) in [5.74, 6) is -6.05. The zero-order chi connectivity index (χ0) is 15.8. The number of rotatable bonds is 2. The fraction of sp³-hybridized carbons (Fsp3) is 0.500. The number of aromatic nitrogens is 2. The number of likely N-dealkylation sites (tertiary alicyclic amines) is 1. The summed E-state index contributed by atoms with van der Waals surface area (Å²) in [6, 6.07) is 0. The maximum Gasteiger partial charge on any atom is 0.394 e. The summed E-state index contributed by atoms with van der Waals surface area (Å²) in [7, 11) is 0. The highest BCUT2D eigenvalue weighted by Gasteiger charge is 2.53. The first kappa shape index (κ1) is 21.4. The third kappa shape index (κ3) is 4.68. The maximum atomic E-state index is 12.8. The van der Waals surface area contributed by atoms with Crippen molar-refractivity contribution in [1.29, 1.82) is 0 Å². The number of aryl methyl sites for hydroxylation is 1. The van der Waals surface area contributed by atoms with Crippen LogP contribution in [0.25, 0.3) is 0 Å². The molecule has 0 spiro atoms. The standard InChI is InChI=1S/C12H12F3N3O3.2ClH/c1-6-2-17-9(3-16-6)10(19)18-4-7(11(20)21)8(5-18)12(13,14)15;;/h2-3,7-8H,4-5H2,1H3,(H,20,21);2*1H/t7-,8-;;/m1../s1. The predicted molar refractivity (Wildman–Crippen MR) is 77.8 cm³/mol. The van der Waals surface area contributed by atoms with Gasteiger partial charge in [-0.1, -0.05) is 0 Å². The van der Waals surface area contributed by atoms with Crippen molar-refractivity contribution in [2.24, 2.45) is 11.8 Å². The fourth-order valence-corrected chi connectivity index (χ4v) is 2.22. The van der Waals surface area contributed by atoms with E-state index in [1.54, 1.807) is 6.92 Å². The van der Waals surface area contributed by atoms with Gasteiger partial charge in [0.05, 0.1) is 23.7 Å². The van der Waals surface area contributed by atoms with Gasteiger partial charge in [0.15, 0.2) is 0 Å². The molecule has 0 saturated carbocycles. The zero-order valence-electron chi connectivity index (χ0n) is 11.8. The summed E-state index contributed by atoms with van der Waals surface area (Å²) in [5.41, 5.74) is 0.456. The minimum absolute atomic E-state index is 0. The van der Waals surface area contributed by atoms with E-state index in [1.165, 1.54) is 6.20 Å². The van der Waals surface area contributed by atoms with E-state index in [4.69, 9.17) is 5.11 Å². The Kier molecular flexibility index (Phi) is 7.24. The molecule has 0 aromatic carbocycles. The molecule has 1 aliphatic rings. The van der Waals surface area contributed by atoms with Crippen LogP contribution in [0.2, 0.25) is 0 Å². The predicted octanol–water partition coefficient (Wildman–Crippen LogP) is 1.96. The van der Waals surface area contributed by atoms with Gasteiger partial charge in [0, 0.05) is 19.3 Å². The van der Waals surface area contributed by atoms with Crippen molar-refractivity contribution in [3.05, 3.63) is 23.8 Å². The van der Waals surface area contributed by atoms with E-state index in [-0.39, 0.29) is 30.5 Å². The van der Waals surface area contributed by atoms with Gasteiger partial charge in [-0.3, -0.25) is 14.6 Å². The van der Waals surface area contributed by atoms with Crippen LogP contribution in [0, 0.1) is 18.8 Å². The SMILES string of the molecule is Cc1cnc(C(=O)N2C[C@@H](C(F)(F)F)[C@H](C(=O)O)C2)cn1.Cl.Cl. The minimum atomic E-state index is -4.67. The van der Waals surface area contributed by atoms with Crippen LogP contribution in [0.3, 0.4) is 0 Å². The van der Waals surface area contributed by atoms with Gasteiger partial charge in [0.25, 0.3) is 5.91 Å². The topological polar surface area (TPSA) is 83.4 Å². The average Bonchev–Trinajstić information content (AvgIpc) is 2.84. The molecule has 1 aromatic rings. The molecular formula is C12H14Cl2F3N3O3. The van der Waals surface area contributed by atoms with E-state index in [0.717, 1.165) is 11.1 Å². The van der Waals surface area contributed by atoms with Crippen LogP contribution >= 0.6 is 24.8 Å². The lowest BCUT2D eigenvalue weighted by Gasteiger charge is -2.18. The Morgan fingerprint density at radius 1 is 1.22 bits per heavy atom. The van der Waals surface area contributed by atoms with Gasteiger partial charge < -0.3 is 10.0 Å². The molecule has 11 heteroatoms. The summed E-state index contributed by atoms with van der Waals surface area (Å²) < 4.78 is 38.5. The van der Waals surface area contributed by atoms with Crippen molar-refractivity contribution in [2.45, 2.75) is 13.1 Å². The van der Waals surface area contributed by atoms with Gasteiger partial charge in [-0.2, -0.15) is 13.2 Å². The van der Waals surface area contributed by atoms with E-state index in [2.05, 4.69) is 9.97 Å². The number of carbonyl (C=O) groups is 2. The van der Waals surface area contributed by atoms with E-state index in [1.807, 2.05) is 0 Å². The van der Waals surface area contributed by atoms with Crippen LogP contribution in [-0.2, 0) is 4.79 Å². The van der Waals surface area contributed by atoms with Gasteiger partial charge in [-0.25, -0.2) is 4.98 Å². The molecule has 1 aliphatic heterocycles. The molecule has 0 bridgehead atoms. The Bertz CT molecular complexity index is 569. The van der Waals surface area contributed by atoms with Crippen LogP contribution in [0.5, 0.6) is 0 Å². The van der Waals surface area contributed by atoms with Gasteiger partial charge in [-0.05, 0) is 6.92 Å². The number of carboxylic acids is 1. The molecular weight excluding hydrogens is 362 g/mol. The molecule has 2 atom stereocenters. The summed E-state index contributed by atoms with van der Waals surface area (Å²) in [4.78, 5) is 31.5. The van der Waals surface area contributed by atoms with E-state index in [0.29, 0.717) is 5.69 Å². The van der Waals surface area contributed by atoms with E-state index in [9.17, 15) is 22.8 Å². The minimum Gasteiger partial charge on any atom is -0.481 e. The number of carbonyl (C=O) groups excluding carboxylic acids is 1. The molecule has 130 valence electrons. The number of amides is 1. The first-order valence-electron chi connectivity index (χ1n) is 6.07. The Balaban J connectivity index is 0.00000242. The van der Waals surface area contributed by atoms with Crippen LogP contribution in [0.4, 0.5) is 13.2 Å². The van der Waals surface area contributed by atoms with Crippen molar-refractivity contribution >= 4 is 36.7 Å². The molecule has 1 N–H and O–H groups in total. The molecule has 1 saturated heterocycles. The van der Waals surface area contributed by atoms with Gasteiger partial charge >= 0.3 is 12.1 Å². The Labute approximate surface area is 141 Å². The summed E-state index contributed by atoms with van der Waals surface area (Å²) in [6.07, 6.45) is -2.19. The summed E-state index contributed by atoms with van der Waals surface area (Å²) >= 11 is 0. The van der Waals surface area contributed by atoms with Crippen molar-refractivity contribution in [3.8, 4) is 0 Å². The van der Waals surface area contributed by atoms with Gasteiger partial charge in [0.1, 0.15) is 5.69 Å². The molecule has 0 unspecified atom stereocenters. The number of aliphatic carboxylic acids is 1. The molecule has 0 aliphatic carbocycles. The highest BCUT2D eigenvalue weighted by Crippen LogP contribution is 2.38. The lowest BCUT2D eigenvalue weighted by atomic mass is 9.96. The van der Waals surface area contributed by atoms with Crippen molar-refractivity contribution in [2.75, 3.05) is 13.1 Å². The molecule has 1 fully saturated rings. The van der Waals surface area contributed by atoms with Crippen molar-refractivity contribution in [1.82, 2.24) is 14.9 Å². The second kappa shape index (κ2) is 7.78. The van der Waals surface area contributed by atoms with E-state index < -0.39 is 43.0 Å². The number of hydrogen-bond donors (Lipinski definition) is 1. The molecule has 23 heavy (non-hydrogen) atoms. The summed E-state index contributed by atoms with van der Waals surface area (Å²) in [5, 5.41) is 8.89. The molecule has 2 rings (SSSR count). The van der Waals surface area contributed by atoms with Gasteiger partial charge in [-0.15, -0.1) is 24.8 Å². The number of nitrogens with zero attached hydrogens (tertiary/aromatic N) is 3. The highest BCUT2D eigenvalue weighted by atomic mass is 35.5. The normalized spacial score (nSPS) is 20.4. The largest absolute Gasteiger partial charge is 0.481 e. The second-order valence-electron chi connectivity index (χ2n) is 4.85. The third-order valence-electron chi connectivity index (χ3n) is 3.34. The van der Waals surface area contributed by atoms with Crippen molar-refractivity contribution < 1.29 is 27.9 Å².